The maximum Gasteiger partial charge on any atom is 0.289 e. The average Bonchev–Trinajstić information content (AvgIpc) is 3.30. The van der Waals surface area contributed by atoms with Gasteiger partial charge in [-0.15, -0.1) is 0 Å². The number of hydrogen-bond donors (Lipinski definition) is 0. The normalized spacial score (nSPS) is 22.7. The molecule has 2 saturated heterocycles. The largest absolute Gasteiger partial charge is 0.455 e. The Morgan fingerprint density at radius 2 is 1.90 bits per heavy atom. The van der Waals surface area contributed by atoms with Crippen LogP contribution in [0, 0.1) is 11.2 Å². The third-order valence-electron chi connectivity index (χ3n) is 6.13. The zero-order valence-corrected chi connectivity index (χ0v) is 17.4. The van der Waals surface area contributed by atoms with E-state index in [-0.39, 0.29) is 17.1 Å². The molecule has 1 aromatic heterocycles. The van der Waals surface area contributed by atoms with Crippen molar-refractivity contribution in [1.29, 1.82) is 0 Å². The molecule has 0 N–H and O–H groups in total. The van der Waals surface area contributed by atoms with Crippen molar-refractivity contribution >= 4 is 5.91 Å². The second-order valence-electron chi connectivity index (χ2n) is 8.92. The Balaban J connectivity index is 1.38. The van der Waals surface area contributed by atoms with E-state index in [0.717, 1.165) is 63.3 Å². The molecule has 3 heterocycles. The maximum absolute atomic E-state index is 13.2. The van der Waals surface area contributed by atoms with Gasteiger partial charge in [-0.1, -0.05) is 12.1 Å². The molecule has 1 amide bonds. The lowest BCUT2D eigenvalue weighted by atomic mass is 9.79. The van der Waals surface area contributed by atoms with Crippen molar-refractivity contribution in [3.8, 4) is 0 Å². The van der Waals surface area contributed by atoms with E-state index < -0.39 is 0 Å². The number of carbonyl (C=O) groups excluding carboxylic acids is 1. The summed E-state index contributed by atoms with van der Waals surface area (Å²) >= 11 is 0. The maximum atomic E-state index is 13.2. The molecule has 0 bridgehead atoms. The number of benzene rings is 1. The van der Waals surface area contributed by atoms with E-state index in [1.54, 1.807) is 6.07 Å². The minimum absolute atomic E-state index is 0.00235. The smallest absolute Gasteiger partial charge is 0.289 e. The van der Waals surface area contributed by atoms with Gasteiger partial charge in [0.05, 0.1) is 6.54 Å². The molecule has 1 aromatic carbocycles. The fourth-order valence-electron chi connectivity index (χ4n) is 4.78. The summed E-state index contributed by atoms with van der Waals surface area (Å²) in [5.74, 6) is 1.07. The highest BCUT2D eigenvalue weighted by Crippen LogP contribution is 2.40. The molecule has 2 aliphatic rings. The van der Waals surface area contributed by atoms with Crippen molar-refractivity contribution in [2.24, 2.45) is 5.41 Å². The number of carbonyl (C=O) groups is 1. The summed E-state index contributed by atoms with van der Waals surface area (Å²) in [4.78, 5) is 19.4. The standard InChI is InChI=1S/C23H30FN3O2/c1-25(2)15-20-8-9-21(29-20)22(28)27-13-11-23(17-27)10-3-12-26(16-23)14-18-4-6-19(24)7-5-18/h4-9H,3,10-17H2,1-2H3/t23-/m0/s1. The number of nitrogens with zero attached hydrogens (tertiary/aromatic N) is 3. The highest BCUT2D eigenvalue weighted by atomic mass is 19.1. The van der Waals surface area contributed by atoms with Gasteiger partial charge >= 0.3 is 0 Å². The monoisotopic (exact) mass is 399 g/mol. The number of halogens is 1. The molecule has 29 heavy (non-hydrogen) atoms. The fraction of sp³-hybridized carbons (Fsp3) is 0.522. The number of rotatable bonds is 5. The Kier molecular flexibility index (Phi) is 5.74. The van der Waals surface area contributed by atoms with Crippen LogP contribution in [0.15, 0.2) is 40.8 Å². The van der Waals surface area contributed by atoms with Crippen molar-refractivity contribution in [1.82, 2.24) is 14.7 Å². The van der Waals surface area contributed by atoms with Crippen molar-refractivity contribution in [3.63, 3.8) is 0 Å². The Morgan fingerprint density at radius 1 is 1.10 bits per heavy atom. The van der Waals surface area contributed by atoms with Crippen LogP contribution < -0.4 is 0 Å². The first-order valence-corrected chi connectivity index (χ1v) is 10.4. The van der Waals surface area contributed by atoms with E-state index in [0.29, 0.717) is 12.3 Å². The van der Waals surface area contributed by atoms with Crippen molar-refractivity contribution in [2.45, 2.75) is 32.4 Å². The third-order valence-corrected chi connectivity index (χ3v) is 6.13. The number of likely N-dealkylation sites (tertiary alicyclic amines) is 2. The Bertz CT molecular complexity index is 848. The van der Waals surface area contributed by atoms with Gasteiger partial charge in [-0.25, -0.2) is 4.39 Å². The van der Waals surface area contributed by atoms with E-state index in [2.05, 4.69) is 4.90 Å². The van der Waals surface area contributed by atoms with Gasteiger partial charge in [-0.3, -0.25) is 9.69 Å². The van der Waals surface area contributed by atoms with Gasteiger partial charge in [-0.05, 0) is 69.7 Å². The van der Waals surface area contributed by atoms with Crippen LogP contribution in [0.4, 0.5) is 4.39 Å². The lowest BCUT2D eigenvalue weighted by molar-refractivity contribution is 0.0649. The van der Waals surface area contributed by atoms with Gasteiger partial charge in [0, 0.05) is 31.6 Å². The van der Waals surface area contributed by atoms with E-state index in [1.165, 1.54) is 12.1 Å². The van der Waals surface area contributed by atoms with E-state index >= 15 is 0 Å². The van der Waals surface area contributed by atoms with E-state index in [9.17, 15) is 9.18 Å². The highest BCUT2D eigenvalue weighted by Gasteiger charge is 2.43. The van der Waals surface area contributed by atoms with Gasteiger partial charge in [0.25, 0.3) is 5.91 Å². The van der Waals surface area contributed by atoms with Crippen LogP contribution in [-0.2, 0) is 13.1 Å². The topological polar surface area (TPSA) is 39.9 Å². The second kappa shape index (κ2) is 8.28. The molecule has 1 atom stereocenters. The van der Waals surface area contributed by atoms with Crippen LogP contribution >= 0.6 is 0 Å². The first kappa shape index (κ1) is 20.1. The number of piperidine rings is 1. The summed E-state index contributed by atoms with van der Waals surface area (Å²) in [6.45, 7) is 5.14. The Labute approximate surface area is 172 Å². The van der Waals surface area contributed by atoms with Gasteiger partial charge in [0.1, 0.15) is 11.6 Å². The van der Waals surface area contributed by atoms with Crippen molar-refractivity contribution < 1.29 is 13.6 Å². The molecule has 0 unspecified atom stereocenters. The molecule has 6 heteroatoms. The van der Waals surface area contributed by atoms with Crippen molar-refractivity contribution in [2.75, 3.05) is 40.3 Å². The molecule has 156 valence electrons. The summed E-state index contributed by atoms with van der Waals surface area (Å²) in [6, 6.07) is 10.5. The van der Waals surface area contributed by atoms with Crippen LogP contribution in [0.5, 0.6) is 0 Å². The molecule has 4 rings (SSSR count). The van der Waals surface area contributed by atoms with Gasteiger partial charge in [0.2, 0.25) is 0 Å². The highest BCUT2D eigenvalue weighted by molar-refractivity contribution is 5.91. The van der Waals surface area contributed by atoms with E-state index in [1.807, 2.05) is 42.1 Å². The molecular formula is C23H30FN3O2. The summed E-state index contributed by atoms with van der Waals surface area (Å²) < 4.78 is 18.9. The lowest BCUT2D eigenvalue weighted by Gasteiger charge is -2.40. The minimum Gasteiger partial charge on any atom is -0.455 e. The summed E-state index contributed by atoms with van der Waals surface area (Å²) in [5, 5.41) is 0. The number of hydrogen-bond acceptors (Lipinski definition) is 4. The lowest BCUT2D eigenvalue weighted by Crippen LogP contribution is -2.45. The SMILES string of the molecule is CN(C)Cc1ccc(C(=O)N2CC[C@]3(CCCN(Cc4ccc(F)cc4)C3)C2)o1. The molecule has 0 saturated carbocycles. The van der Waals surface area contributed by atoms with Crippen LogP contribution in [0.3, 0.4) is 0 Å². The molecule has 0 radical (unpaired) electrons. The summed E-state index contributed by atoms with van der Waals surface area (Å²) in [6.07, 6.45) is 3.32. The zero-order chi connectivity index (χ0) is 20.4. The molecule has 1 spiro atoms. The second-order valence-corrected chi connectivity index (χ2v) is 8.92. The van der Waals surface area contributed by atoms with Crippen LogP contribution in [0.2, 0.25) is 0 Å². The van der Waals surface area contributed by atoms with Gasteiger partial charge < -0.3 is 14.2 Å². The van der Waals surface area contributed by atoms with Crippen LogP contribution in [-0.4, -0.2) is 60.9 Å². The Morgan fingerprint density at radius 3 is 2.66 bits per heavy atom. The fourth-order valence-corrected chi connectivity index (χ4v) is 4.78. The van der Waals surface area contributed by atoms with Gasteiger partial charge in [0.15, 0.2) is 5.76 Å². The zero-order valence-electron chi connectivity index (χ0n) is 17.4. The van der Waals surface area contributed by atoms with Crippen molar-refractivity contribution in [3.05, 3.63) is 59.3 Å². The predicted molar refractivity (Wildman–Crippen MR) is 110 cm³/mol. The molecule has 5 nitrogen and oxygen atoms in total. The third kappa shape index (κ3) is 4.70. The number of amides is 1. The number of furan rings is 1. The molecule has 2 aromatic rings. The predicted octanol–water partition coefficient (Wildman–Crippen LogP) is 3.61. The van der Waals surface area contributed by atoms with Gasteiger partial charge in [-0.2, -0.15) is 0 Å². The molecular weight excluding hydrogens is 369 g/mol. The Hall–Kier alpha value is -2.18. The first-order valence-electron chi connectivity index (χ1n) is 10.4. The summed E-state index contributed by atoms with van der Waals surface area (Å²) in [5.41, 5.74) is 1.30. The quantitative estimate of drug-likeness (QED) is 0.770. The van der Waals surface area contributed by atoms with Crippen LogP contribution in [0.1, 0.15) is 41.1 Å². The molecule has 0 aliphatic carbocycles. The average molecular weight is 400 g/mol. The van der Waals surface area contributed by atoms with Crippen LogP contribution in [0.25, 0.3) is 0 Å². The minimum atomic E-state index is -0.194. The van der Waals surface area contributed by atoms with E-state index in [4.69, 9.17) is 4.42 Å². The summed E-state index contributed by atoms with van der Waals surface area (Å²) in [7, 11) is 3.96. The first-order chi connectivity index (χ1) is 13.9. The molecule has 2 fully saturated rings. The molecule has 2 aliphatic heterocycles.